The topological polar surface area (TPSA) is 242 Å². The monoisotopic (exact) mass is 1300 g/mol. The van der Waals surface area contributed by atoms with Gasteiger partial charge < -0.3 is 16.7 Å². The van der Waals surface area contributed by atoms with Crippen LogP contribution < -0.4 is 16.7 Å². The molecule has 0 aromatic heterocycles. The number of hydrogen-bond acceptors (Lipinski definition) is 16. The SMILES string of the molecule is CC1(C)C2CCC1(CS(=O)(=O)Oc1ccc3ccccc3c1-c1c(OS(=O)(=O)CC34CCC(CC3=O)C4(C)C)ccc3c(-c4c(OS(=O)(=O)CC56CCC(CC5=O)C6(C)C)ccc5ccccc45)c(OS(=O)(=O)CC45CCC(CC4=O)C5(C)C)ccc13)C(=O)C2. The van der Waals surface area contributed by atoms with Crippen LogP contribution in [0.2, 0.25) is 0 Å². The van der Waals surface area contributed by atoms with Crippen molar-refractivity contribution in [2.45, 2.75) is 132 Å². The van der Waals surface area contributed by atoms with Crippen molar-refractivity contribution >= 4 is 95.9 Å². The van der Waals surface area contributed by atoms with Crippen LogP contribution in [0.4, 0.5) is 0 Å². The van der Waals surface area contributed by atoms with Gasteiger partial charge in [0.15, 0.2) is 23.0 Å². The van der Waals surface area contributed by atoms with Gasteiger partial charge in [0, 0.05) is 47.9 Å². The zero-order chi connectivity index (χ0) is 64.2. The van der Waals surface area contributed by atoms with Gasteiger partial charge in [0.1, 0.15) is 23.1 Å². The van der Waals surface area contributed by atoms with Crippen LogP contribution in [0.1, 0.15) is 132 Å². The van der Waals surface area contributed by atoms with Crippen LogP contribution in [-0.2, 0) is 59.7 Å². The van der Waals surface area contributed by atoms with Crippen molar-refractivity contribution in [3.63, 3.8) is 0 Å². The first-order valence-electron chi connectivity index (χ1n) is 31.5. The van der Waals surface area contributed by atoms with Gasteiger partial charge in [-0.1, -0.05) is 116 Å². The third kappa shape index (κ3) is 8.69. The van der Waals surface area contributed by atoms with Gasteiger partial charge in [-0.25, -0.2) is 0 Å². The molecular formula is C70H76O16S4. The molecule has 8 fully saturated rings. The van der Waals surface area contributed by atoms with Crippen molar-refractivity contribution in [1.29, 1.82) is 0 Å². The van der Waals surface area contributed by atoms with Crippen molar-refractivity contribution in [1.82, 2.24) is 0 Å². The fraction of sp³-hybridized carbons (Fsp3) is 0.514. The molecule has 0 amide bonds. The van der Waals surface area contributed by atoms with Crippen LogP contribution in [0.25, 0.3) is 54.6 Å². The highest BCUT2D eigenvalue weighted by atomic mass is 32.2. The van der Waals surface area contributed by atoms with E-state index in [1.54, 1.807) is 60.7 Å². The molecule has 16 nitrogen and oxygen atoms in total. The Bertz CT molecular complexity index is 4380. The zero-order valence-corrected chi connectivity index (χ0v) is 55.3. The molecule has 8 aliphatic carbocycles. The number of Topliss-reactive ketones (excluding diaryl/α,β-unsaturated/α-hetero) is 4. The van der Waals surface area contributed by atoms with Crippen molar-refractivity contribution in [2.24, 2.45) is 67.0 Å². The van der Waals surface area contributed by atoms with Gasteiger partial charge in [-0.2, -0.15) is 33.7 Å². The first-order chi connectivity index (χ1) is 42.0. The number of carbonyl (C=O) groups is 4. The molecule has 20 heteroatoms. The maximum Gasteiger partial charge on any atom is 0.310 e. The summed E-state index contributed by atoms with van der Waals surface area (Å²) in [4.78, 5) is 55.9. The third-order valence-electron chi connectivity index (χ3n) is 25.5. The second-order valence-corrected chi connectivity index (χ2v) is 36.4. The second kappa shape index (κ2) is 19.7. The quantitative estimate of drug-likeness (QED) is 0.0726. The van der Waals surface area contributed by atoms with Gasteiger partial charge in [-0.3, -0.25) is 19.2 Å². The molecule has 8 atom stereocenters. The summed E-state index contributed by atoms with van der Waals surface area (Å²) in [5.74, 6) is -4.60. The van der Waals surface area contributed by atoms with Crippen LogP contribution in [0.3, 0.4) is 0 Å². The lowest BCUT2D eigenvalue weighted by atomic mass is 9.70. The standard InChI is InChI=1S/C70H76O16S4/c1-63(2)43-25-29-67(63,55(71)33-43)37-87(75,76)83-51-21-17-41-13-9-11-15-47(41)59(51)61-49-19-24-54(86-90(81,82)40-70-32-28-46(36-58(70)74)66(70,7)8)62(50(49)20-23-53(61)85-89(79,80)39-69-31-27-45(35-57(69)73)65(69,5)6)60-48-16-12-10-14-42(48)18-22-52(60)84-88(77,78)38-68-30-26-44(34-56(68)72)64(68,3)4/h9-24,43-46H,25-40H2,1-8H3. The van der Waals surface area contributed by atoms with Crippen LogP contribution in [0.5, 0.6) is 23.0 Å². The molecule has 8 saturated carbocycles. The molecule has 8 aliphatic rings. The Morgan fingerprint density at radius 2 is 0.556 bits per heavy atom. The molecule has 0 radical (unpaired) electrons. The summed E-state index contributed by atoms with van der Waals surface area (Å²) < 4.78 is 146. The smallest absolute Gasteiger partial charge is 0.310 e. The van der Waals surface area contributed by atoms with Gasteiger partial charge in [0.2, 0.25) is 0 Å². The van der Waals surface area contributed by atoms with Crippen LogP contribution in [0.15, 0.2) is 97.1 Å². The van der Waals surface area contributed by atoms with Crippen molar-refractivity contribution < 1.29 is 69.6 Å². The van der Waals surface area contributed by atoms with Gasteiger partial charge >= 0.3 is 40.5 Å². The fourth-order valence-electron chi connectivity index (χ4n) is 19.5. The number of hydrogen-bond donors (Lipinski definition) is 0. The van der Waals surface area contributed by atoms with Crippen LogP contribution in [-0.4, -0.2) is 79.8 Å². The predicted molar refractivity (Wildman–Crippen MR) is 342 cm³/mol. The average molecular weight is 1300 g/mol. The van der Waals surface area contributed by atoms with E-state index in [1.165, 1.54) is 36.4 Å². The Morgan fingerprint density at radius 1 is 0.322 bits per heavy atom. The predicted octanol–water partition coefficient (Wildman–Crippen LogP) is 12.9. The van der Waals surface area contributed by atoms with Gasteiger partial charge in [0.05, 0.1) is 44.7 Å². The zero-order valence-electron chi connectivity index (χ0n) is 52.0. The number of ketones is 4. The molecule has 0 spiro atoms. The number of carbonyl (C=O) groups excluding carboxylic acids is 4. The van der Waals surface area contributed by atoms with E-state index in [-0.39, 0.29) is 129 Å². The lowest BCUT2D eigenvalue weighted by Crippen LogP contribution is -2.43. The molecular weight excluding hydrogens is 1230 g/mol. The van der Waals surface area contributed by atoms with Gasteiger partial charge in [-0.05, 0) is 165 Å². The van der Waals surface area contributed by atoms with E-state index in [0.29, 0.717) is 72.9 Å². The maximum atomic E-state index is 15.2. The molecule has 8 unspecified atom stereocenters. The van der Waals surface area contributed by atoms with Crippen molar-refractivity contribution in [3.8, 4) is 45.3 Å². The van der Waals surface area contributed by atoms with E-state index in [0.717, 1.165) is 0 Å². The molecule has 0 heterocycles. The number of benzene rings is 6. The Labute approximate surface area is 527 Å². The molecule has 0 N–H and O–H groups in total. The second-order valence-electron chi connectivity index (χ2n) is 30.1. The molecule has 8 bridgehead atoms. The Balaban J connectivity index is 1.02. The van der Waals surface area contributed by atoms with E-state index < -0.39 is 107 Å². The number of rotatable bonds is 18. The summed E-state index contributed by atoms with van der Waals surface area (Å²) in [6.45, 7) is 15.3. The highest BCUT2D eigenvalue weighted by Gasteiger charge is 2.69. The van der Waals surface area contributed by atoms with E-state index in [4.69, 9.17) is 16.7 Å². The highest BCUT2D eigenvalue weighted by molar-refractivity contribution is 7.88. The molecule has 14 rings (SSSR count). The minimum absolute atomic E-state index is 0.0235. The minimum Gasteiger partial charge on any atom is -0.382 e. The van der Waals surface area contributed by atoms with Gasteiger partial charge in [-0.15, -0.1) is 0 Å². The van der Waals surface area contributed by atoms with E-state index >= 15 is 33.7 Å². The molecule has 0 aliphatic heterocycles. The van der Waals surface area contributed by atoms with Gasteiger partial charge in [0.25, 0.3) is 0 Å². The summed E-state index contributed by atoms with van der Waals surface area (Å²) in [5.41, 5.74) is -7.87. The fourth-order valence-corrected chi connectivity index (χ4v) is 26.5. The van der Waals surface area contributed by atoms with Crippen molar-refractivity contribution in [3.05, 3.63) is 97.1 Å². The first-order valence-corrected chi connectivity index (χ1v) is 37.8. The van der Waals surface area contributed by atoms with E-state index in [9.17, 15) is 19.2 Å². The lowest BCUT2D eigenvalue weighted by molar-refractivity contribution is -0.128. The summed E-state index contributed by atoms with van der Waals surface area (Å²) in [6.07, 6.45) is 4.84. The third-order valence-corrected chi connectivity index (χ3v) is 30.6. The maximum absolute atomic E-state index is 15.2. The largest absolute Gasteiger partial charge is 0.382 e. The summed E-state index contributed by atoms with van der Waals surface area (Å²) >= 11 is 0. The molecule has 6 aromatic carbocycles. The molecule has 6 aromatic rings. The molecule has 90 heavy (non-hydrogen) atoms. The van der Waals surface area contributed by atoms with Crippen molar-refractivity contribution in [2.75, 3.05) is 23.0 Å². The van der Waals surface area contributed by atoms with Crippen LogP contribution in [0, 0.1) is 67.0 Å². The lowest BCUT2D eigenvalue weighted by Gasteiger charge is -2.36. The Kier molecular flexibility index (Phi) is 13.4. The molecule has 476 valence electrons. The molecule has 0 saturated heterocycles. The highest BCUT2D eigenvalue weighted by Crippen LogP contribution is 2.68. The summed E-state index contributed by atoms with van der Waals surface area (Å²) in [5, 5.41) is 2.06. The average Bonchev–Trinajstić information content (AvgIpc) is 1.58. The normalized spacial score (nSPS) is 30.2. The van der Waals surface area contributed by atoms with E-state index in [2.05, 4.69) is 0 Å². The van der Waals surface area contributed by atoms with Crippen LogP contribution >= 0.6 is 0 Å². The first kappa shape index (κ1) is 61.3. The van der Waals surface area contributed by atoms with E-state index in [1.807, 2.05) is 55.4 Å². The number of fused-ring (bicyclic) bond motifs is 11. The Morgan fingerprint density at radius 3 is 0.789 bits per heavy atom. The summed E-state index contributed by atoms with van der Waals surface area (Å²) in [7, 11) is -19.0. The summed E-state index contributed by atoms with van der Waals surface area (Å²) in [6, 6.07) is 25.8. The Hall–Kier alpha value is -6.22. The minimum atomic E-state index is -4.78.